The first-order valence-corrected chi connectivity index (χ1v) is 6.22. The van der Waals surface area contributed by atoms with Crippen LogP contribution in [0.3, 0.4) is 0 Å². The molecule has 1 saturated heterocycles. The highest BCUT2D eigenvalue weighted by Crippen LogP contribution is 2.28. The topological polar surface area (TPSA) is 32.3 Å². The van der Waals surface area contributed by atoms with Crippen molar-refractivity contribution in [1.82, 2.24) is 10.2 Å². The van der Waals surface area contributed by atoms with E-state index >= 15 is 0 Å². The molecule has 1 aliphatic heterocycles. The molecule has 0 aromatic carbocycles. The van der Waals surface area contributed by atoms with E-state index in [-0.39, 0.29) is 6.04 Å². The Labute approximate surface area is 92.2 Å². The first kappa shape index (κ1) is 10.9. The van der Waals surface area contributed by atoms with Crippen LogP contribution in [0.5, 0.6) is 0 Å². The molecule has 2 fully saturated rings. The molecule has 15 heavy (non-hydrogen) atoms. The van der Waals surface area contributed by atoms with Crippen LogP contribution in [-0.2, 0) is 4.79 Å². The summed E-state index contributed by atoms with van der Waals surface area (Å²) < 4.78 is 0. The van der Waals surface area contributed by atoms with Crippen LogP contribution >= 0.6 is 0 Å². The van der Waals surface area contributed by atoms with Gasteiger partial charge in [0.05, 0.1) is 6.04 Å². The second kappa shape index (κ2) is 4.52. The average molecular weight is 210 g/mol. The van der Waals surface area contributed by atoms with Gasteiger partial charge in [0, 0.05) is 12.6 Å². The number of rotatable bonds is 4. The molecule has 2 aliphatic rings. The molecule has 3 nitrogen and oxygen atoms in total. The van der Waals surface area contributed by atoms with E-state index < -0.39 is 0 Å². The second-order valence-corrected chi connectivity index (χ2v) is 5.26. The Morgan fingerprint density at radius 3 is 2.60 bits per heavy atom. The largest absolute Gasteiger partial charge is 0.338 e. The van der Waals surface area contributed by atoms with Crippen LogP contribution in [0.25, 0.3) is 0 Å². The number of hydrogen-bond donors (Lipinski definition) is 1. The van der Waals surface area contributed by atoms with Gasteiger partial charge in [0.1, 0.15) is 0 Å². The lowest BCUT2D eigenvalue weighted by atomic mass is 10.1. The number of hydrogen-bond acceptors (Lipinski definition) is 2. The first-order valence-electron chi connectivity index (χ1n) is 6.22. The third kappa shape index (κ3) is 2.71. The summed E-state index contributed by atoms with van der Waals surface area (Å²) in [4.78, 5) is 14.3. The molecule has 0 unspecified atom stereocenters. The number of carbonyl (C=O) groups is 1. The maximum Gasteiger partial charge on any atom is 0.239 e. The van der Waals surface area contributed by atoms with Gasteiger partial charge in [0.2, 0.25) is 5.91 Å². The molecule has 1 amide bonds. The Bertz CT molecular complexity index is 230. The highest BCUT2D eigenvalue weighted by Gasteiger charge is 2.36. The molecule has 1 saturated carbocycles. The van der Waals surface area contributed by atoms with Crippen LogP contribution in [-0.4, -0.2) is 36.0 Å². The van der Waals surface area contributed by atoms with Gasteiger partial charge in [0.25, 0.3) is 0 Å². The van der Waals surface area contributed by atoms with Crippen LogP contribution in [0.4, 0.5) is 0 Å². The molecule has 86 valence electrons. The minimum atomic E-state index is 0.115. The monoisotopic (exact) mass is 210 g/mol. The van der Waals surface area contributed by atoms with E-state index in [4.69, 9.17) is 0 Å². The predicted octanol–water partition coefficient (Wildman–Crippen LogP) is 1.39. The zero-order valence-electron chi connectivity index (χ0n) is 9.83. The summed E-state index contributed by atoms with van der Waals surface area (Å²) >= 11 is 0. The van der Waals surface area contributed by atoms with Crippen LogP contribution < -0.4 is 5.32 Å². The van der Waals surface area contributed by atoms with Gasteiger partial charge in [-0.15, -0.1) is 0 Å². The van der Waals surface area contributed by atoms with Gasteiger partial charge < -0.3 is 10.2 Å². The van der Waals surface area contributed by atoms with E-state index in [1.165, 1.54) is 12.8 Å². The average Bonchev–Trinajstić information content (AvgIpc) is 2.88. The summed E-state index contributed by atoms with van der Waals surface area (Å²) in [7, 11) is 0. The molecule has 1 atom stereocenters. The van der Waals surface area contributed by atoms with Gasteiger partial charge in [-0.25, -0.2) is 0 Å². The Kier molecular flexibility index (Phi) is 3.29. The summed E-state index contributed by atoms with van der Waals surface area (Å²) in [6.07, 6.45) is 4.60. The summed E-state index contributed by atoms with van der Waals surface area (Å²) in [6.45, 7) is 6.31. The Morgan fingerprint density at radius 1 is 1.40 bits per heavy atom. The minimum absolute atomic E-state index is 0.115. The third-order valence-electron chi connectivity index (χ3n) is 3.19. The van der Waals surface area contributed by atoms with Crippen molar-refractivity contribution in [1.29, 1.82) is 0 Å². The fourth-order valence-electron chi connectivity index (χ4n) is 2.29. The van der Waals surface area contributed by atoms with Crippen molar-refractivity contribution in [2.24, 2.45) is 5.92 Å². The maximum atomic E-state index is 12.2. The highest BCUT2D eigenvalue weighted by atomic mass is 16.2. The lowest BCUT2D eigenvalue weighted by molar-refractivity contribution is -0.134. The third-order valence-corrected chi connectivity index (χ3v) is 3.19. The van der Waals surface area contributed by atoms with Crippen molar-refractivity contribution in [3.63, 3.8) is 0 Å². The molecule has 1 heterocycles. The van der Waals surface area contributed by atoms with Gasteiger partial charge in [-0.05, 0) is 38.1 Å². The SMILES string of the molecule is CC(C)CN(C(=O)[C@H]1CCCN1)C1CC1. The molecule has 0 spiro atoms. The van der Waals surface area contributed by atoms with Gasteiger partial charge in [-0.3, -0.25) is 4.79 Å². The fourth-order valence-corrected chi connectivity index (χ4v) is 2.29. The quantitative estimate of drug-likeness (QED) is 0.760. The summed E-state index contributed by atoms with van der Waals surface area (Å²) in [6, 6.07) is 0.673. The molecule has 0 radical (unpaired) electrons. The molecule has 0 aromatic heterocycles. The Morgan fingerprint density at radius 2 is 2.13 bits per heavy atom. The van der Waals surface area contributed by atoms with Crippen LogP contribution in [0, 0.1) is 5.92 Å². The second-order valence-electron chi connectivity index (χ2n) is 5.26. The summed E-state index contributed by atoms with van der Waals surface area (Å²) in [5.41, 5.74) is 0. The van der Waals surface area contributed by atoms with Gasteiger partial charge in [-0.2, -0.15) is 0 Å². The van der Waals surface area contributed by atoms with Gasteiger partial charge in [-0.1, -0.05) is 13.8 Å². The predicted molar refractivity (Wildman–Crippen MR) is 60.6 cm³/mol. The van der Waals surface area contributed by atoms with Crippen LogP contribution in [0.1, 0.15) is 39.5 Å². The Balaban J connectivity index is 1.93. The van der Waals surface area contributed by atoms with Gasteiger partial charge in [0.15, 0.2) is 0 Å². The molecule has 1 aliphatic carbocycles. The zero-order chi connectivity index (χ0) is 10.8. The maximum absolute atomic E-state index is 12.2. The van der Waals surface area contributed by atoms with E-state index in [1.807, 2.05) is 0 Å². The number of nitrogens with one attached hydrogen (secondary N) is 1. The molecular formula is C12H22N2O. The van der Waals surface area contributed by atoms with Crippen LogP contribution in [0.2, 0.25) is 0 Å². The number of nitrogens with zero attached hydrogens (tertiary/aromatic N) is 1. The van der Waals surface area contributed by atoms with Crippen LogP contribution in [0.15, 0.2) is 0 Å². The first-order chi connectivity index (χ1) is 7.18. The van der Waals surface area contributed by atoms with Crippen molar-refractivity contribution in [2.75, 3.05) is 13.1 Å². The van der Waals surface area contributed by atoms with Gasteiger partial charge >= 0.3 is 0 Å². The highest BCUT2D eigenvalue weighted by molar-refractivity contribution is 5.82. The summed E-state index contributed by atoms with van der Waals surface area (Å²) in [5, 5.41) is 3.30. The molecule has 3 heteroatoms. The van der Waals surface area contributed by atoms with Crippen molar-refractivity contribution >= 4 is 5.91 Å². The molecule has 2 rings (SSSR count). The van der Waals surface area contributed by atoms with Crippen molar-refractivity contribution in [3.05, 3.63) is 0 Å². The smallest absolute Gasteiger partial charge is 0.239 e. The lowest BCUT2D eigenvalue weighted by Crippen LogP contribution is -2.46. The van der Waals surface area contributed by atoms with E-state index in [2.05, 4.69) is 24.1 Å². The van der Waals surface area contributed by atoms with E-state index in [0.29, 0.717) is 17.9 Å². The molecule has 1 N–H and O–H groups in total. The molecule has 0 aromatic rings. The minimum Gasteiger partial charge on any atom is -0.338 e. The van der Waals surface area contributed by atoms with Crippen molar-refractivity contribution in [2.45, 2.75) is 51.6 Å². The standard InChI is InChI=1S/C12H22N2O/c1-9(2)8-14(10-5-6-10)12(15)11-4-3-7-13-11/h9-11,13H,3-8H2,1-2H3/t11-/m1/s1. The number of carbonyl (C=O) groups excluding carboxylic acids is 1. The fraction of sp³-hybridized carbons (Fsp3) is 0.917. The number of amides is 1. The normalized spacial score (nSPS) is 25.9. The summed E-state index contributed by atoms with van der Waals surface area (Å²) in [5.74, 6) is 0.930. The molecular weight excluding hydrogens is 188 g/mol. The van der Waals surface area contributed by atoms with E-state index in [1.54, 1.807) is 0 Å². The van der Waals surface area contributed by atoms with Crippen molar-refractivity contribution in [3.8, 4) is 0 Å². The molecule has 0 bridgehead atoms. The van der Waals surface area contributed by atoms with E-state index in [9.17, 15) is 4.79 Å². The van der Waals surface area contributed by atoms with E-state index in [0.717, 1.165) is 25.9 Å². The zero-order valence-corrected chi connectivity index (χ0v) is 9.83. The lowest BCUT2D eigenvalue weighted by Gasteiger charge is -2.27. The van der Waals surface area contributed by atoms with Crippen molar-refractivity contribution < 1.29 is 4.79 Å². The Hall–Kier alpha value is -0.570.